The average Bonchev–Trinajstić information content (AvgIpc) is 2.55. The van der Waals surface area contributed by atoms with Gasteiger partial charge in [0.15, 0.2) is 0 Å². The van der Waals surface area contributed by atoms with Crippen molar-refractivity contribution in [1.82, 2.24) is 0 Å². The van der Waals surface area contributed by atoms with Crippen LogP contribution in [0.5, 0.6) is 0 Å². The molecule has 0 spiro atoms. The second kappa shape index (κ2) is 8.31. The van der Waals surface area contributed by atoms with E-state index in [9.17, 15) is 14.4 Å². The fourth-order valence-electron chi connectivity index (χ4n) is 3.49. The van der Waals surface area contributed by atoms with Crippen LogP contribution in [-0.4, -0.2) is 37.2 Å². The molecule has 0 aromatic rings. The van der Waals surface area contributed by atoms with E-state index >= 15 is 0 Å². The molecule has 0 saturated heterocycles. The van der Waals surface area contributed by atoms with Crippen molar-refractivity contribution in [1.29, 1.82) is 0 Å². The van der Waals surface area contributed by atoms with E-state index in [1.165, 1.54) is 14.0 Å². The third-order valence-corrected chi connectivity index (χ3v) is 4.83. The Balaban J connectivity index is 1.70. The third kappa shape index (κ3) is 5.22. The lowest BCUT2D eigenvalue weighted by Crippen LogP contribution is -2.33. The van der Waals surface area contributed by atoms with Crippen LogP contribution in [0.3, 0.4) is 0 Å². The van der Waals surface area contributed by atoms with Gasteiger partial charge in [0.1, 0.15) is 12.2 Å². The molecule has 2 aliphatic rings. The molecular formula is C17H26O6. The Bertz CT molecular complexity index is 430. The Morgan fingerprint density at radius 1 is 0.696 bits per heavy atom. The molecule has 0 aliphatic heterocycles. The molecule has 130 valence electrons. The smallest absolute Gasteiger partial charge is 0.309 e. The van der Waals surface area contributed by atoms with Crippen LogP contribution in [0, 0.1) is 11.8 Å². The summed E-state index contributed by atoms with van der Waals surface area (Å²) in [6.45, 7) is 1.41. The van der Waals surface area contributed by atoms with Gasteiger partial charge in [0.25, 0.3) is 0 Å². The Morgan fingerprint density at radius 3 is 1.57 bits per heavy atom. The van der Waals surface area contributed by atoms with E-state index in [2.05, 4.69) is 0 Å². The largest absolute Gasteiger partial charge is 0.469 e. The maximum absolute atomic E-state index is 12.2. The van der Waals surface area contributed by atoms with E-state index in [4.69, 9.17) is 14.2 Å². The molecule has 6 nitrogen and oxygen atoms in total. The summed E-state index contributed by atoms with van der Waals surface area (Å²) in [5, 5.41) is 0. The fraction of sp³-hybridized carbons (Fsp3) is 0.824. The SMILES string of the molecule is COC(=O)C1CCC(C(=O)OC2CCC(OC(C)=O)CC2)CC1. The van der Waals surface area contributed by atoms with Crippen molar-refractivity contribution in [2.24, 2.45) is 11.8 Å². The second-order valence-electron chi connectivity index (χ2n) is 6.52. The maximum atomic E-state index is 12.2. The van der Waals surface area contributed by atoms with Crippen LogP contribution in [0.4, 0.5) is 0 Å². The van der Waals surface area contributed by atoms with Crippen LogP contribution >= 0.6 is 0 Å². The highest BCUT2D eigenvalue weighted by atomic mass is 16.6. The van der Waals surface area contributed by atoms with Crippen molar-refractivity contribution in [2.75, 3.05) is 7.11 Å². The minimum absolute atomic E-state index is 0.0436. The molecule has 0 N–H and O–H groups in total. The van der Waals surface area contributed by atoms with Crippen molar-refractivity contribution in [2.45, 2.75) is 70.5 Å². The minimum atomic E-state index is -0.257. The summed E-state index contributed by atoms with van der Waals surface area (Å²) in [5.74, 6) is -0.775. The lowest BCUT2D eigenvalue weighted by atomic mass is 9.82. The van der Waals surface area contributed by atoms with Gasteiger partial charge in [-0.05, 0) is 51.4 Å². The fourth-order valence-corrected chi connectivity index (χ4v) is 3.49. The number of hydrogen-bond acceptors (Lipinski definition) is 6. The zero-order chi connectivity index (χ0) is 16.8. The number of rotatable bonds is 4. The number of hydrogen-bond donors (Lipinski definition) is 0. The van der Waals surface area contributed by atoms with E-state index in [-0.39, 0.29) is 42.0 Å². The molecule has 2 saturated carbocycles. The van der Waals surface area contributed by atoms with Crippen LogP contribution < -0.4 is 0 Å². The molecule has 0 atom stereocenters. The zero-order valence-corrected chi connectivity index (χ0v) is 13.9. The van der Waals surface area contributed by atoms with Gasteiger partial charge in [0, 0.05) is 6.92 Å². The van der Waals surface area contributed by atoms with Crippen molar-refractivity contribution >= 4 is 17.9 Å². The molecular weight excluding hydrogens is 300 g/mol. The molecule has 2 fully saturated rings. The van der Waals surface area contributed by atoms with Gasteiger partial charge in [-0.3, -0.25) is 14.4 Å². The first-order chi connectivity index (χ1) is 11.0. The second-order valence-corrected chi connectivity index (χ2v) is 6.52. The Labute approximate surface area is 136 Å². The van der Waals surface area contributed by atoms with E-state index in [0.717, 1.165) is 25.7 Å². The topological polar surface area (TPSA) is 78.9 Å². The lowest BCUT2D eigenvalue weighted by molar-refractivity contribution is -0.162. The monoisotopic (exact) mass is 326 g/mol. The van der Waals surface area contributed by atoms with Gasteiger partial charge in [-0.15, -0.1) is 0 Å². The summed E-state index contributed by atoms with van der Waals surface area (Å²) in [7, 11) is 1.40. The highest BCUT2D eigenvalue weighted by Gasteiger charge is 2.33. The molecule has 0 bridgehead atoms. The zero-order valence-electron chi connectivity index (χ0n) is 13.9. The van der Waals surface area contributed by atoms with Gasteiger partial charge >= 0.3 is 17.9 Å². The number of carbonyl (C=O) groups excluding carboxylic acids is 3. The van der Waals surface area contributed by atoms with Gasteiger partial charge < -0.3 is 14.2 Å². The number of ether oxygens (including phenoxy) is 3. The third-order valence-electron chi connectivity index (χ3n) is 4.83. The average molecular weight is 326 g/mol. The van der Waals surface area contributed by atoms with Gasteiger partial charge in [0.05, 0.1) is 18.9 Å². The highest BCUT2D eigenvalue weighted by Crippen LogP contribution is 2.32. The van der Waals surface area contributed by atoms with Crippen molar-refractivity contribution in [3.05, 3.63) is 0 Å². The molecule has 0 amide bonds. The van der Waals surface area contributed by atoms with Gasteiger partial charge in [0.2, 0.25) is 0 Å². The summed E-state index contributed by atoms with van der Waals surface area (Å²) in [6.07, 6.45) is 5.58. The molecule has 2 aliphatic carbocycles. The molecule has 0 unspecified atom stereocenters. The minimum Gasteiger partial charge on any atom is -0.469 e. The van der Waals surface area contributed by atoms with Crippen LogP contribution in [0.15, 0.2) is 0 Å². The van der Waals surface area contributed by atoms with E-state index < -0.39 is 0 Å². The van der Waals surface area contributed by atoms with E-state index in [0.29, 0.717) is 25.7 Å². The van der Waals surface area contributed by atoms with Crippen LogP contribution in [0.1, 0.15) is 58.3 Å². The molecule has 0 heterocycles. The molecule has 2 rings (SSSR count). The lowest BCUT2D eigenvalue weighted by Gasteiger charge is -2.30. The molecule has 6 heteroatoms. The van der Waals surface area contributed by atoms with Crippen molar-refractivity contribution < 1.29 is 28.6 Å². The Hall–Kier alpha value is -1.59. The summed E-state index contributed by atoms with van der Waals surface area (Å²) in [4.78, 5) is 34.7. The van der Waals surface area contributed by atoms with Gasteiger partial charge in [-0.25, -0.2) is 0 Å². The summed E-state index contributed by atoms with van der Waals surface area (Å²) in [6, 6.07) is 0. The summed E-state index contributed by atoms with van der Waals surface area (Å²) < 4.78 is 15.5. The first kappa shape index (κ1) is 17.8. The maximum Gasteiger partial charge on any atom is 0.309 e. The van der Waals surface area contributed by atoms with Crippen molar-refractivity contribution in [3.8, 4) is 0 Å². The normalized spacial score (nSPS) is 31.0. The summed E-state index contributed by atoms with van der Waals surface area (Å²) in [5.41, 5.74) is 0. The number of esters is 3. The number of carbonyl (C=O) groups is 3. The molecule has 0 aromatic carbocycles. The van der Waals surface area contributed by atoms with E-state index in [1.807, 2.05) is 0 Å². The van der Waals surface area contributed by atoms with Crippen LogP contribution in [-0.2, 0) is 28.6 Å². The van der Waals surface area contributed by atoms with E-state index in [1.54, 1.807) is 0 Å². The predicted molar refractivity (Wildman–Crippen MR) is 81.4 cm³/mol. The standard InChI is InChI=1S/C17H26O6/c1-11(18)22-14-7-9-15(10-8-14)23-17(20)13-5-3-12(4-6-13)16(19)21-2/h12-15H,3-10H2,1-2H3. The Kier molecular flexibility index (Phi) is 6.42. The van der Waals surface area contributed by atoms with Gasteiger partial charge in [-0.2, -0.15) is 0 Å². The predicted octanol–water partition coefficient (Wildman–Crippen LogP) is 2.38. The van der Waals surface area contributed by atoms with Crippen LogP contribution in [0.25, 0.3) is 0 Å². The number of methoxy groups -OCH3 is 1. The first-order valence-corrected chi connectivity index (χ1v) is 8.45. The Morgan fingerprint density at radius 2 is 1.13 bits per heavy atom. The van der Waals surface area contributed by atoms with Crippen molar-refractivity contribution in [3.63, 3.8) is 0 Å². The summed E-state index contributed by atoms with van der Waals surface area (Å²) >= 11 is 0. The van der Waals surface area contributed by atoms with Crippen LogP contribution in [0.2, 0.25) is 0 Å². The van der Waals surface area contributed by atoms with Gasteiger partial charge in [-0.1, -0.05) is 0 Å². The highest BCUT2D eigenvalue weighted by molar-refractivity contribution is 5.75. The quantitative estimate of drug-likeness (QED) is 0.583. The molecule has 23 heavy (non-hydrogen) atoms. The first-order valence-electron chi connectivity index (χ1n) is 8.45. The molecule has 0 radical (unpaired) electrons. The molecule has 0 aromatic heterocycles.